The fourth-order valence-electron chi connectivity index (χ4n) is 2.53. The number of hydrogen-bond donors (Lipinski definition) is 1. The Kier molecular flexibility index (Phi) is 8.75. The van der Waals surface area contributed by atoms with Crippen LogP contribution >= 0.6 is 23.4 Å². The highest BCUT2D eigenvalue weighted by atomic mass is 35.5. The van der Waals surface area contributed by atoms with Crippen LogP contribution in [0.2, 0.25) is 5.02 Å². The third kappa shape index (κ3) is 6.20. The molecule has 0 unspecified atom stereocenters. The first-order valence-electron chi connectivity index (χ1n) is 8.95. The third-order valence-corrected chi connectivity index (χ3v) is 7.51. The molecule has 0 radical (unpaired) electrons. The van der Waals surface area contributed by atoms with Gasteiger partial charge in [0.1, 0.15) is 4.90 Å². The Labute approximate surface area is 175 Å². The van der Waals surface area contributed by atoms with Gasteiger partial charge in [-0.05, 0) is 30.3 Å². The molecule has 0 atom stereocenters. The molecule has 152 valence electrons. The quantitative estimate of drug-likeness (QED) is 0.563. The summed E-state index contributed by atoms with van der Waals surface area (Å²) in [6.07, 6.45) is 2.06. The number of nitrogens with zero attached hydrogens (tertiary/aromatic N) is 2. The summed E-state index contributed by atoms with van der Waals surface area (Å²) in [5, 5.41) is 2.88. The van der Waals surface area contributed by atoms with Crippen molar-refractivity contribution in [3.05, 3.63) is 53.3 Å². The fraction of sp³-hybridized carbons (Fsp3) is 0.368. The number of nitrogens with one attached hydrogen (secondary N) is 1. The van der Waals surface area contributed by atoms with E-state index in [-0.39, 0.29) is 15.8 Å². The Morgan fingerprint density at radius 2 is 1.96 bits per heavy atom. The number of anilines is 1. The molecule has 0 fully saturated rings. The second kappa shape index (κ2) is 10.8. The second-order valence-corrected chi connectivity index (χ2v) is 9.33. The number of thioether (sulfide) groups is 1. The Morgan fingerprint density at radius 3 is 2.61 bits per heavy atom. The van der Waals surface area contributed by atoms with Gasteiger partial charge in [-0.3, -0.25) is 9.78 Å². The zero-order chi connectivity index (χ0) is 20.6. The molecular weight excluding hydrogens is 418 g/mol. The number of carbonyl (C=O) groups excluding carboxylic acids is 1. The van der Waals surface area contributed by atoms with Crippen LogP contribution in [-0.4, -0.2) is 42.5 Å². The van der Waals surface area contributed by atoms with Crippen LogP contribution < -0.4 is 5.32 Å². The summed E-state index contributed by atoms with van der Waals surface area (Å²) in [6, 6.07) is 10.2. The maximum atomic E-state index is 12.7. The lowest BCUT2D eigenvalue weighted by Crippen LogP contribution is -2.30. The molecule has 1 heterocycles. The fourth-order valence-corrected chi connectivity index (χ4v) is 5.34. The number of amides is 1. The van der Waals surface area contributed by atoms with Gasteiger partial charge in [-0.15, -0.1) is 0 Å². The summed E-state index contributed by atoms with van der Waals surface area (Å²) < 4.78 is 26.8. The van der Waals surface area contributed by atoms with Crippen molar-refractivity contribution in [2.75, 3.05) is 24.2 Å². The van der Waals surface area contributed by atoms with E-state index in [2.05, 4.69) is 10.3 Å². The predicted molar refractivity (Wildman–Crippen MR) is 115 cm³/mol. The van der Waals surface area contributed by atoms with Crippen molar-refractivity contribution in [3.8, 4) is 0 Å². The lowest BCUT2D eigenvalue weighted by Gasteiger charge is -2.19. The number of rotatable bonds is 10. The van der Waals surface area contributed by atoms with Crippen LogP contribution in [0.15, 0.2) is 47.5 Å². The summed E-state index contributed by atoms with van der Waals surface area (Å²) in [7, 11) is -3.70. The molecule has 2 rings (SSSR count). The number of hydrogen-bond acceptors (Lipinski definition) is 5. The molecule has 6 nitrogen and oxygen atoms in total. The number of benzene rings is 1. The molecule has 0 spiro atoms. The Hall–Kier alpha value is -1.61. The molecule has 2 aromatic rings. The van der Waals surface area contributed by atoms with Gasteiger partial charge >= 0.3 is 0 Å². The molecule has 0 saturated carbocycles. The first-order valence-corrected chi connectivity index (χ1v) is 11.9. The van der Waals surface area contributed by atoms with Crippen LogP contribution in [-0.2, 0) is 20.6 Å². The van der Waals surface area contributed by atoms with E-state index in [1.54, 1.807) is 37.9 Å². The molecule has 28 heavy (non-hydrogen) atoms. The van der Waals surface area contributed by atoms with Gasteiger partial charge in [0.15, 0.2) is 0 Å². The first kappa shape index (κ1) is 22.7. The monoisotopic (exact) mass is 441 g/mol. The highest BCUT2D eigenvalue weighted by molar-refractivity contribution is 7.98. The molecule has 0 aliphatic heterocycles. The second-order valence-electron chi connectivity index (χ2n) is 5.91. The van der Waals surface area contributed by atoms with Crippen molar-refractivity contribution >= 4 is 45.0 Å². The topological polar surface area (TPSA) is 79.4 Å². The van der Waals surface area contributed by atoms with Gasteiger partial charge in [0.2, 0.25) is 15.9 Å². The molecule has 0 saturated heterocycles. The van der Waals surface area contributed by atoms with Gasteiger partial charge in [-0.1, -0.05) is 31.5 Å². The van der Waals surface area contributed by atoms with E-state index in [4.69, 9.17) is 11.6 Å². The number of sulfonamides is 1. The Morgan fingerprint density at radius 1 is 1.21 bits per heavy atom. The van der Waals surface area contributed by atoms with Crippen molar-refractivity contribution in [2.24, 2.45) is 0 Å². The summed E-state index contributed by atoms with van der Waals surface area (Å²) in [5.41, 5.74) is 1.38. The predicted octanol–water partition coefficient (Wildman–Crippen LogP) is 4.03. The molecular formula is C19H24ClN3O3S2. The lowest BCUT2D eigenvalue weighted by atomic mass is 10.3. The number of halogens is 1. The van der Waals surface area contributed by atoms with Crippen LogP contribution in [0.1, 0.15) is 26.0 Å². The third-order valence-electron chi connectivity index (χ3n) is 3.99. The number of aromatic nitrogens is 1. The van der Waals surface area contributed by atoms with Gasteiger partial charge in [-0.25, -0.2) is 8.42 Å². The summed E-state index contributed by atoms with van der Waals surface area (Å²) >= 11 is 7.73. The average Bonchev–Trinajstić information content (AvgIpc) is 2.68. The van der Waals surface area contributed by atoms with Crippen LogP contribution in [0.4, 0.5) is 5.69 Å². The zero-order valence-corrected chi connectivity index (χ0v) is 18.3. The van der Waals surface area contributed by atoms with Crippen molar-refractivity contribution in [3.63, 3.8) is 0 Å². The summed E-state index contributed by atoms with van der Waals surface area (Å²) in [4.78, 5) is 16.4. The van der Waals surface area contributed by atoms with Gasteiger partial charge in [-0.2, -0.15) is 16.1 Å². The normalized spacial score (nSPS) is 11.6. The van der Waals surface area contributed by atoms with Gasteiger partial charge in [0, 0.05) is 42.9 Å². The van der Waals surface area contributed by atoms with Crippen molar-refractivity contribution in [1.29, 1.82) is 0 Å². The van der Waals surface area contributed by atoms with E-state index < -0.39 is 10.0 Å². The molecule has 0 bridgehead atoms. The molecule has 0 aliphatic carbocycles. The van der Waals surface area contributed by atoms with Gasteiger partial charge in [0.05, 0.1) is 10.7 Å². The van der Waals surface area contributed by atoms with Crippen molar-refractivity contribution in [2.45, 2.75) is 30.9 Å². The van der Waals surface area contributed by atoms with E-state index >= 15 is 0 Å². The minimum Gasteiger partial charge on any atom is -0.326 e. The van der Waals surface area contributed by atoms with E-state index in [1.807, 2.05) is 18.2 Å². The Bertz CT molecular complexity index is 889. The maximum absolute atomic E-state index is 12.7. The van der Waals surface area contributed by atoms with Crippen LogP contribution in [0.3, 0.4) is 0 Å². The standard InChI is InChI=1S/C19H24ClN3O3S2/c1-3-23(4-2)28(25,26)18-13-15(8-9-17(18)20)22-19(24)10-12-27-14-16-7-5-6-11-21-16/h5-9,11,13H,3-4,10,12,14H2,1-2H3,(H,22,24). The largest absolute Gasteiger partial charge is 0.326 e. The molecule has 9 heteroatoms. The lowest BCUT2D eigenvalue weighted by molar-refractivity contribution is -0.115. The molecule has 0 aliphatic rings. The van der Waals surface area contributed by atoms with Crippen LogP contribution in [0.5, 0.6) is 0 Å². The van der Waals surface area contributed by atoms with Crippen molar-refractivity contribution < 1.29 is 13.2 Å². The maximum Gasteiger partial charge on any atom is 0.244 e. The van der Waals surface area contributed by atoms with E-state index in [1.165, 1.54) is 16.4 Å². The highest BCUT2D eigenvalue weighted by Crippen LogP contribution is 2.28. The van der Waals surface area contributed by atoms with E-state index in [0.717, 1.165) is 11.4 Å². The SMILES string of the molecule is CCN(CC)S(=O)(=O)c1cc(NC(=O)CCSCc2ccccn2)ccc1Cl. The molecule has 1 N–H and O–H groups in total. The summed E-state index contributed by atoms with van der Waals surface area (Å²) in [6.45, 7) is 4.23. The number of carbonyl (C=O) groups is 1. The van der Waals surface area contributed by atoms with Crippen LogP contribution in [0, 0.1) is 0 Å². The molecule has 1 amide bonds. The minimum atomic E-state index is -3.70. The first-order chi connectivity index (χ1) is 13.4. The summed E-state index contributed by atoms with van der Waals surface area (Å²) in [5.74, 6) is 1.20. The highest BCUT2D eigenvalue weighted by Gasteiger charge is 2.24. The van der Waals surface area contributed by atoms with Gasteiger partial charge in [0.25, 0.3) is 0 Å². The zero-order valence-electron chi connectivity index (χ0n) is 15.9. The van der Waals surface area contributed by atoms with E-state index in [0.29, 0.717) is 31.0 Å². The minimum absolute atomic E-state index is 0.000179. The number of pyridine rings is 1. The molecule has 1 aromatic heterocycles. The Balaban J connectivity index is 1.95. The van der Waals surface area contributed by atoms with E-state index in [9.17, 15) is 13.2 Å². The van der Waals surface area contributed by atoms with Crippen molar-refractivity contribution in [1.82, 2.24) is 9.29 Å². The molecule has 1 aromatic carbocycles. The average molecular weight is 442 g/mol. The smallest absolute Gasteiger partial charge is 0.244 e. The van der Waals surface area contributed by atoms with Crippen LogP contribution in [0.25, 0.3) is 0 Å². The van der Waals surface area contributed by atoms with Gasteiger partial charge < -0.3 is 5.32 Å².